The molecule has 3 aromatic carbocycles. The van der Waals surface area contributed by atoms with Crippen LogP contribution in [0.2, 0.25) is 0 Å². The molecule has 1 atom stereocenters. The predicted molar refractivity (Wildman–Crippen MR) is 115 cm³/mol. The summed E-state index contributed by atoms with van der Waals surface area (Å²) >= 11 is 0. The van der Waals surface area contributed by atoms with Gasteiger partial charge in [0.2, 0.25) is 6.79 Å². The first-order chi connectivity index (χ1) is 15.6. The minimum atomic E-state index is -0.803. The third-order valence-electron chi connectivity index (χ3n) is 5.69. The summed E-state index contributed by atoms with van der Waals surface area (Å²) < 4.78 is 30.9. The zero-order valence-corrected chi connectivity index (χ0v) is 17.2. The third-order valence-corrected chi connectivity index (χ3v) is 5.69. The average Bonchev–Trinajstić information content (AvgIpc) is 3.37. The summed E-state index contributed by atoms with van der Waals surface area (Å²) in [4.78, 5) is 14.6. The van der Waals surface area contributed by atoms with Gasteiger partial charge in [0.05, 0.1) is 13.2 Å². The molecule has 5 rings (SSSR count). The molecular formula is C25H20FNO5. The first kappa shape index (κ1) is 19.9. The van der Waals surface area contributed by atoms with Crippen molar-refractivity contribution >= 4 is 11.5 Å². The number of hydrogen-bond donors (Lipinski definition) is 1. The Kier molecular flexibility index (Phi) is 4.93. The lowest BCUT2D eigenvalue weighted by Gasteiger charge is -2.28. The van der Waals surface area contributed by atoms with Crippen LogP contribution in [0, 0.1) is 5.82 Å². The molecule has 6 nitrogen and oxygen atoms in total. The largest absolute Gasteiger partial charge is 0.503 e. The Morgan fingerprint density at radius 3 is 2.56 bits per heavy atom. The van der Waals surface area contributed by atoms with Gasteiger partial charge in [0.25, 0.3) is 5.91 Å². The molecule has 2 heterocycles. The molecule has 0 bridgehead atoms. The number of carbonyl (C=O) groups is 1. The lowest BCUT2D eigenvalue weighted by molar-refractivity contribution is -0.130. The van der Waals surface area contributed by atoms with Gasteiger partial charge in [-0.25, -0.2) is 4.39 Å². The first-order valence-corrected chi connectivity index (χ1v) is 10.1. The Morgan fingerprint density at radius 2 is 1.81 bits per heavy atom. The fraction of sp³-hybridized carbons (Fsp3) is 0.160. The minimum absolute atomic E-state index is 0.142. The average molecular weight is 433 g/mol. The maximum Gasteiger partial charge on any atom is 0.290 e. The molecule has 0 saturated heterocycles. The van der Waals surface area contributed by atoms with Crippen molar-refractivity contribution in [3.05, 3.63) is 95.0 Å². The Morgan fingerprint density at radius 1 is 1.06 bits per heavy atom. The number of halogens is 1. The van der Waals surface area contributed by atoms with Crippen molar-refractivity contribution < 1.29 is 28.5 Å². The Labute approximate surface area is 184 Å². The molecule has 0 unspecified atom stereocenters. The number of methoxy groups -OCH3 is 1. The summed E-state index contributed by atoms with van der Waals surface area (Å²) in [6.07, 6.45) is 0. The van der Waals surface area contributed by atoms with E-state index in [0.717, 1.165) is 5.56 Å². The Bertz CT molecular complexity index is 1220. The number of ether oxygens (including phenoxy) is 3. The molecule has 1 N–H and O–H groups in total. The topological polar surface area (TPSA) is 68.2 Å². The second-order valence-corrected chi connectivity index (χ2v) is 7.54. The van der Waals surface area contributed by atoms with Crippen LogP contribution in [0.1, 0.15) is 22.7 Å². The van der Waals surface area contributed by atoms with E-state index in [1.807, 2.05) is 6.07 Å². The van der Waals surface area contributed by atoms with Gasteiger partial charge in [0.15, 0.2) is 17.3 Å². The second-order valence-electron chi connectivity index (χ2n) is 7.54. The summed E-state index contributed by atoms with van der Waals surface area (Å²) in [6, 6.07) is 17.8. The van der Waals surface area contributed by atoms with E-state index in [1.54, 1.807) is 61.7 Å². The van der Waals surface area contributed by atoms with E-state index in [-0.39, 0.29) is 13.3 Å². The van der Waals surface area contributed by atoms with E-state index in [9.17, 15) is 14.3 Å². The number of aliphatic hydroxyl groups is 1. The maximum absolute atomic E-state index is 14.9. The normalized spacial score (nSPS) is 17.2. The monoisotopic (exact) mass is 433 g/mol. The first-order valence-electron chi connectivity index (χ1n) is 10.1. The number of hydrogen-bond acceptors (Lipinski definition) is 5. The predicted octanol–water partition coefficient (Wildman–Crippen LogP) is 4.62. The number of amides is 1. The standard InChI is InChI=1S/C25H20FNO5/c1-30-17-9-7-16(8-10-17)22-23(18-4-2-3-5-19(18)26)27(25(29)24(22)28)13-15-6-11-20-21(12-15)32-14-31-20/h2-12,23,28H,13-14H2,1H3/t23-/m0/s1. The van der Waals surface area contributed by atoms with Crippen LogP contribution in [-0.2, 0) is 11.3 Å². The van der Waals surface area contributed by atoms with Crippen molar-refractivity contribution in [3.63, 3.8) is 0 Å². The van der Waals surface area contributed by atoms with E-state index >= 15 is 0 Å². The Hall–Kier alpha value is -4.00. The van der Waals surface area contributed by atoms with Gasteiger partial charge in [-0.2, -0.15) is 0 Å². The summed E-state index contributed by atoms with van der Waals surface area (Å²) in [5.41, 5.74) is 2.03. The van der Waals surface area contributed by atoms with E-state index in [1.165, 1.54) is 11.0 Å². The highest BCUT2D eigenvalue weighted by Crippen LogP contribution is 2.45. The fourth-order valence-electron chi connectivity index (χ4n) is 4.14. The van der Waals surface area contributed by atoms with Gasteiger partial charge in [-0.05, 0) is 41.5 Å². The lowest BCUT2D eigenvalue weighted by atomic mass is 9.93. The Balaban J connectivity index is 1.58. The molecule has 7 heteroatoms. The van der Waals surface area contributed by atoms with Crippen LogP contribution in [0.3, 0.4) is 0 Å². The van der Waals surface area contributed by atoms with Crippen molar-refractivity contribution in [1.82, 2.24) is 4.90 Å². The molecule has 0 spiro atoms. The number of benzene rings is 3. The molecule has 0 fully saturated rings. The van der Waals surface area contributed by atoms with Crippen LogP contribution >= 0.6 is 0 Å². The van der Waals surface area contributed by atoms with Crippen molar-refractivity contribution in [1.29, 1.82) is 0 Å². The van der Waals surface area contributed by atoms with Gasteiger partial charge in [-0.3, -0.25) is 4.79 Å². The van der Waals surface area contributed by atoms with E-state index in [4.69, 9.17) is 14.2 Å². The van der Waals surface area contributed by atoms with E-state index in [0.29, 0.717) is 33.9 Å². The molecule has 0 aliphatic carbocycles. The van der Waals surface area contributed by atoms with Gasteiger partial charge < -0.3 is 24.2 Å². The number of rotatable bonds is 5. The van der Waals surface area contributed by atoms with Crippen LogP contribution in [-0.4, -0.2) is 29.8 Å². The zero-order valence-electron chi connectivity index (χ0n) is 17.2. The van der Waals surface area contributed by atoms with Crippen LogP contribution in [0.25, 0.3) is 5.57 Å². The van der Waals surface area contributed by atoms with Gasteiger partial charge in [0.1, 0.15) is 11.6 Å². The summed E-state index contributed by atoms with van der Waals surface area (Å²) in [7, 11) is 1.56. The van der Waals surface area contributed by atoms with Crippen LogP contribution in [0.15, 0.2) is 72.5 Å². The smallest absolute Gasteiger partial charge is 0.290 e. The molecule has 0 saturated carbocycles. The van der Waals surface area contributed by atoms with E-state index < -0.39 is 23.5 Å². The van der Waals surface area contributed by atoms with Gasteiger partial charge >= 0.3 is 0 Å². The second kappa shape index (κ2) is 7.92. The van der Waals surface area contributed by atoms with Crippen molar-refractivity contribution in [2.75, 3.05) is 13.9 Å². The highest BCUT2D eigenvalue weighted by molar-refractivity contribution is 6.05. The maximum atomic E-state index is 14.9. The molecular weight excluding hydrogens is 413 g/mol. The van der Waals surface area contributed by atoms with Gasteiger partial charge in [-0.15, -0.1) is 0 Å². The van der Waals surface area contributed by atoms with E-state index in [2.05, 4.69) is 0 Å². The molecule has 2 aliphatic heterocycles. The zero-order chi connectivity index (χ0) is 22.2. The summed E-state index contributed by atoms with van der Waals surface area (Å²) in [6.45, 7) is 0.293. The van der Waals surface area contributed by atoms with Gasteiger partial charge in [-0.1, -0.05) is 36.4 Å². The van der Waals surface area contributed by atoms with Crippen molar-refractivity contribution in [2.24, 2.45) is 0 Å². The number of carbonyl (C=O) groups excluding carboxylic acids is 1. The molecule has 162 valence electrons. The SMILES string of the molecule is COc1ccc(C2=C(O)C(=O)N(Cc3ccc4c(c3)OCO4)[C@H]2c2ccccc2F)cc1. The molecule has 3 aromatic rings. The van der Waals surface area contributed by atoms with Crippen LogP contribution in [0.4, 0.5) is 4.39 Å². The highest BCUT2D eigenvalue weighted by Gasteiger charge is 2.42. The lowest BCUT2D eigenvalue weighted by Crippen LogP contribution is -2.30. The number of aliphatic hydroxyl groups excluding tert-OH is 1. The summed E-state index contributed by atoms with van der Waals surface area (Å²) in [5, 5.41) is 10.9. The van der Waals surface area contributed by atoms with Crippen molar-refractivity contribution in [2.45, 2.75) is 12.6 Å². The minimum Gasteiger partial charge on any atom is -0.503 e. The number of fused-ring (bicyclic) bond motifs is 1. The highest BCUT2D eigenvalue weighted by atomic mass is 19.1. The van der Waals surface area contributed by atoms with Gasteiger partial charge in [0, 0.05) is 17.7 Å². The molecule has 2 aliphatic rings. The molecule has 32 heavy (non-hydrogen) atoms. The quantitative estimate of drug-likeness (QED) is 0.636. The molecule has 1 amide bonds. The van der Waals surface area contributed by atoms with Crippen molar-refractivity contribution in [3.8, 4) is 17.2 Å². The molecule has 0 radical (unpaired) electrons. The summed E-state index contributed by atoms with van der Waals surface area (Å²) in [5.74, 6) is 0.432. The third kappa shape index (κ3) is 3.32. The number of nitrogens with zero attached hydrogens (tertiary/aromatic N) is 1. The molecule has 0 aromatic heterocycles. The van der Waals surface area contributed by atoms with Crippen LogP contribution in [0.5, 0.6) is 17.2 Å². The van der Waals surface area contributed by atoms with Crippen LogP contribution < -0.4 is 14.2 Å². The fourth-order valence-corrected chi connectivity index (χ4v) is 4.14.